The van der Waals surface area contributed by atoms with Gasteiger partial charge in [-0.15, -0.1) is 0 Å². The van der Waals surface area contributed by atoms with Crippen molar-refractivity contribution < 1.29 is 18.0 Å². The Hall–Kier alpha value is -1.52. The van der Waals surface area contributed by atoms with Crippen LogP contribution in [0.25, 0.3) is 0 Å². The van der Waals surface area contributed by atoms with Crippen LogP contribution < -0.4 is 5.32 Å². The highest BCUT2D eigenvalue weighted by Crippen LogP contribution is 2.44. The molecule has 1 N–H and O–H groups in total. The predicted molar refractivity (Wildman–Crippen MR) is 94.0 cm³/mol. The van der Waals surface area contributed by atoms with Crippen LogP contribution in [-0.2, 0) is 6.18 Å². The molecule has 3 aliphatic carbocycles. The van der Waals surface area contributed by atoms with Gasteiger partial charge in [-0.1, -0.05) is 32.1 Å². The maximum atomic E-state index is 13.0. The van der Waals surface area contributed by atoms with Gasteiger partial charge >= 0.3 is 6.18 Å². The topological polar surface area (TPSA) is 29.1 Å². The lowest BCUT2D eigenvalue weighted by Crippen LogP contribution is -2.40. The molecule has 0 saturated heterocycles. The highest BCUT2D eigenvalue weighted by atomic mass is 19.4. The Kier molecular flexibility index (Phi) is 4.74. The summed E-state index contributed by atoms with van der Waals surface area (Å²) in [5.74, 6) is 1.17. The quantitative estimate of drug-likeness (QED) is 0.732. The van der Waals surface area contributed by atoms with E-state index in [1.165, 1.54) is 37.8 Å². The average molecular weight is 365 g/mol. The molecule has 0 bridgehead atoms. The lowest BCUT2D eigenvalue weighted by molar-refractivity contribution is -0.137. The van der Waals surface area contributed by atoms with Crippen LogP contribution in [0.15, 0.2) is 18.2 Å². The van der Waals surface area contributed by atoms with E-state index in [-0.39, 0.29) is 17.9 Å². The van der Waals surface area contributed by atoms with Gasteiger partial charge in [-0.2, -0.15) is 13.2 Å². The molecule has 26 heavy (non-hydrogen) atoms. The monoisotopic (exact) mass is 365 g/mol. The lowest BCUT2D eigenvalue weighted by atomic mass is 9.86. The van der Waals surface area contributed by atoms with Gasteiger partial charge < -0.3 is 5.32 Å². The standard InChI is InChI=1S/C21H26F3NO/c22-21(23,24)15-10-11-17(18(12-15)14-8-9-14)20(26)25-19-7-3-6-16(19)13-4-1-2-5-13/h10-14,16,19H,1-9H2,(H,25,26)/t16-,19?/m0/s1. The molecule has 0 aliphatic heterocycles. The van der Waals surface area contributed by atoms with Crippen LogP contribution >= 0.6 is 0 Å². The zero-order valence-corrected chi connectivity index (χ0v) is 14.9. The number of rotatable bonds is 4. The Morgan fingerprint density at radius 2 is 1.69 bits per heavy atom. The molecule has 1 amide bonds. The lowest BCUT2D eigenvalue weighted by Gasteiger charge is -2.26. The van der Waals surface area contributed by atoms with Crippen molar-refractivity contribution in [1.29, 1.82) is 0 Å². The molecule has 0 radical (unpaired) electrons. The van der Waals surface area contributed by atoms with Crippen LogP contribution in [0.5, 0.6) is 0 Å². The smallest absolute Gasteiger partial charge is 0.349 e. The molecule has 3 aliphatic rings. The van der Waals surface area contributed by atoms with Crippen LogP contribution in [0, 0.1) is 11.8 Å². The molecule has 4 rings (SSSR count). The summed E-state index contributed by atoms with van der Waals surface area (Å²) < 4.78 is 39.1. The number of hydrogen-bond donors (Lipinski definition) is 1. The van der Waals surface area contributed by atoms with E-state index in [1.54, 1.807) is 0 Å². The Morgan fingerprint density at radius 1 is 0.962 bits per heavy atom. The van der Waals surface area contributed by atoms with Gasteiger partial charge in [-0.3, -0.25) is 4.79 Å². The average Bonchev–Trinajstić information content (AvgIpc) is 3.11. The summed E-state index contributed by atoms with van der Waals surface area (Å²) in [6.45, 7) is 0. The van der Waals surface area contributed by atoms with Crippen LogP contribution in [-0.4, -0.2) is 11.9 Å². The maximum Gasteiger partial charge on any atom is 0.416 e. The van der Waals surface area contributed by atoms with E-state index in [0.29, 0.717) is 23.0 Å². The summed E-state index contributed by atoms with van der Waals surface area (Å²) >= 11 is 0. The van der Waals surface area contributed by atoms with E-state index in [2.05, 4.69) is 5.32 Å². The minimum Gasteiger partial charge on any atom is -0.349 e. The fourth-order valence-electron chi connectivity index (χ4n) is 5.04. The minimum absolute atomic E-state index is 0.104. The fraction of sp³-hybridized carbons (Fsp3) is 0.667. The number of amides is 1. The molecule has 3 fully saturated rings. The highest BCUT2D eigenvalue weighted by Gasteiger charge is 2.38. The number of carbonyl (C=O) groups excluding carboxylic acids is 1. The van der Waals surface area contributed by atoms with E-state index < -0.39 is 11.7 Å². The second-order valence-electron chi connectivity index (χ2n) is 8.29. The molecular formula is C21H26F3NO. The van der Waals surface area contributed by atoms with Crippen LogP contribution in [0.2, 0.25) is 0 Å². The molecular weight excluding hydrogens is 339 g/mol. The van der Waals surface area contributed by atoms with Gasteiger partial charge in [-0.25, -0.2) is 0 Å². The van der Waals surface area contributed by atoms with Gasteiger partial charge in [0.1, 0.15) is 0 Å². The van der Waals surface area contributed by atoms with E-state index in [0.717, 1.165) is 38.2 Å². The number of carbonyl (C=O) groups is 1. The summed E-state index contributed by atoms with van der Waals surface area (Å²) in [7, 11) is 0. The van der Waals surface area contributed by atoms with Gasteiger partial charge in [0.15, 0.2) is 0 Å². The normalized spacial score (nSPS) is 27.0. The first kappa shape index (κ1) is 17.9. The van der Waals surface area contributed by atoms with Gasteiger partial charge in [0.25, 0.3) is 5.91 Å². The summed E-state index contributed by atoms with van der Waals surface area (Å²) in [4.78, 5) is 12.9. The van der Waals surface area contributed by atoms with Crippen molar-refractivity contribution in [1.82, 2.24) is 5.32 Å². The molecule has 3 saturated carbocycles. The third-order valence-electron chi connectivity index (χ3n) is 6.53. The first-order chi connectivity index (χ1) is 12.4. The van der Waals surface area contributed by atoms with Crippen molar-refractivity contribution in [2.45, 2.75) is 75.9 Å². The summed E-state index contributed by atoms with van der Waals surface area (Å²) in [6, 6.07) is 3.80. The number of alkyl halides is 3. The van der Waals surface area contributed by atoms with Crippen molar-refractivity contribution in [3.05, 3.63) is 34.9 Å². The van der Waals surface area contributed by atoms with E-state index >= 15 is 0 Å². The molecule has 0 aromatic heterocycles. The Morgan fingerprint density at radius 3 is 2.35 bits per heavy atom. The largest absolute Gasteiger partial charge is 0.416 e. The SMILES string of the molecule is O=C(NC1CCC[C@H]1C1CCCC1)c1ccc(C(F)(F)F)cc1C1CC1. The first-order valence-electron chi connectivity index (χ1n) is 9.95. The minimum atomic E-state index is -4.36. The molecule has 1 aromatic rings. The Labute approximate surface area is 152 Å². The van der Waals surface area contributed by atoms with Crippen molar-refractivity contribution in [2.75, 3.05) is 0 Å². The summed E-state index contributed by atoms with van der Waals surface area (Å²) in [5, 5.41) is 3.18. The number of benzene rings is 1. The van der Waals surface area contributed by atoms with E-state index in [9.17, 15) is 18.0 Å². The molecule has 1 unspecified atom stereocenters. The van der Waals surface area contributed by atoms with Gasteiger partial charge in [-0.05, 0) is 67.2 Å². The summed E-state index contributed by atoms with van der Waals surface area (Å²) in [5.41, 5.74) is 0.367. The van der Waals surface area contributed by atoms with Crippen LogP contribution in [0.1, 0.15) is 85.2 Å². The zero-order valence-electron chi connectivity index (χ0n) is 14.9. The highest BCUT2D eigenvalue weighted by molar-refractivity contribution is 5.96. The summed E-state index contributed by atoms with van der Waals surface area (Å²) in [6.07, 6.45) is 5.75. The van der Waals surface area contributed by atoms with Gasteiger partial charge in [0, 0.05) is 11.6 Å². The number of hydrogen-bond acceptors (Lipinski definition) is 1. The van der Waals surface area contributed by atoms with Crippen LogP contribution in [0.3, 0.4) is 0 Å². The van der Waals surface area contributed by atoms with Crippen molar-refractivity contribution >= 4 is 5.91 Å². The van der Waals surface area contributed by atoms with Crippen molar-refractivity contribution in [3.63, 3.8) is 0 Å². The number of halogens is 3. The van der Waals surface area contributed by atoms with E-state index in [1.807, 2.05) is 0 Å². The number of nitrogens with one attached hydrogen (secondary N) is 1. The Bertz CT molecular complexity index is 674. The maximum absolute atomic E-state index is 13.0. The molecule has 0 spiro atoms. The predicted octanol–water partition coefficient (Wildman–Crippen LogP) is 5.67. The zero-order chi connectivity index (χ0) is 18.3. The van der Waals surface area contributed by atoms with Gasteiger partial charge in [0.2, 0.25) is 0 Å². The van der Waals surface area contributed by atoms with Crippen molar-refractivity contribution in [3.8, 4) is 0 Å². The molecule has 5 heteroatoms. The third kappa shape index (κ3) is 3.63. The van der Waals surface area contributed by atoms with Crippen molar-refractivity contribution in [2.24, 2.45) is 11.8 Å². The fourth-order valence-corrected chi connectivity index (χ4v) is 5.04. The van der Waals surface area contributed by atoms with E-state index in [4.69, 9.17) is 0 Å². The van der Waals surface area contributed by atoms with Crippen LogP contribution in [0.4, 0.5) is 13.2 Å². The molecule has 2 nitrogen and oxygen atoms in total. The molecule has 0 heterocycles. The molecule has 1 aromatic carbocycles. The second kappa shape index (κ2) is 6.90. The second-order valence-corrected chi connectivity index (χ2v) is 8.29. The molecule has 142 valence electrons. The third-order valence-corrected chi connectivity index (χ3v) is 6.53. The first-order valence-corrected chi connectivity index (χ1v) is 9.95. The Balaban J connectivity index is 1.52. The van der Waals surface area contributed by atoms with Gasteiger partial charge in [0.05, 0.1) is 5.56 Å². The molecule has 2 atom stereocenters.